The lowest BCUT2D eigenvalue weighted by Crippen LogP contribution is -1.86. The summed E-state index contributed by atoms with van der Waals surface area (Å²) in [4.78, 5) is 0. The highest BCUT2D eigenvalue weighted by Crippen LogP contribution is 2.24. The fraction of sp³-hybridized carbons (Fsp3) is 0.250. The minimum absolute atomic E-state index is 0.933. The summed E-state index contributed by atoms with van der Waals surface area (Å²) in [6.45, 7) is 2.12. The third-order valence-corrected chi connectivity index (χ3v) is 4.42. The average molecular weight is 390 g/mol. The van der Waals surface area contributed by atoms with Crippen LogP contribution in [0.4, 0.5) is 0 Å². The van der Waals surface area contributed by atoms with E-state index < -0.39 is 0 Å². The van der Waals surface area contributed by atoms with Gasteiger partial charge in [0.15, 0.2) is 0 Å². The van der Waals surface area contributed by atoms with Crippen LogP contribution in [0.15, 0.2) is 16.6 Å². The number of hydrogen-bond donors (Lipinski definition) is 0. The summed E-state index contributed by atoms with van der Waals surface area (Å²) in [5.74, 6) is 0. The molecule has 60 valence electrons. The van der Waals surface area contributed by atoms with Crippen molar-refractivity contribution in [3.05, 3.63) is 31.3 Å². The first-order valence-corrected chi connectivity index (χ1v) is 6.15. The van der Waals surface area contributed by atoms with Gasteiger partial charge < -0.3 is 0 Å². The monoisotopic (exact) mass is 388 g/mol. The van der Waals surface area contributed by atoms with Crippen molar-refractivity contribution in [3.63, 3.8) is 0 Å². The van der Waals surface area contributed by atoms with Crippen molar-refractivity contribution in [1.29, 1.82) is 0 Å². The minimum Gasteiger partial charge on any atom is -0.0876 e. The van der Waals surface area contributed by atoms with Crippen molar-refractivity contribution in [2.75, 3.05) is 0 Å². The molecule has 0 spiro atoms. The Bertz CT molecular complexity index is 271. The number of halogens is 3. The first-order valence-electron chi connectivity index (χ1n) is 3.15. The number of aryl methyl sites for hydroxylation is 1. The summed E-state index contributed by atoms with van der Waals surface area (Å²) in [6.07, 6.45) is 0. The molecule has 0 N–H and O–H groups in total. The summed E-state index contributed by atoms with van der Waals surface area (Å²) in [7, 11) is 0. The van der Waals surface area contributed by atoms with Gasteiger partial charge in [-0.05, 0) is 68.7 Å². The molecular weight excluding hydrogens is 383 g/mol. The molecule has 0 aliphatic rings. The predicted octanol–water partition coefficient (Wildman–Crippen LogP) is 4.26. The third-order valence-electron chi connectivity index (χ3n) is 1.52. The van der Waals surface area contributed by atoms with Crippen LogP contribution in [0.2, 0.25) is 0 Å². The summed E-state index contributed by atoms with van der Waals surface area (Å²) >= 11 is 9.26. The maximum atomic E-state index is 3.49. The van der Waals surface area contributed by atoms with Crippen LogP contribution >= 0.6 is 54.5 Å². The van der Waals surface area contributed by atoms with Crippen LogP contribution in [0.1, 0.15) is 11.1 Å². The molecular formula is C8H7Br2I. The molecule has 0 nitrogen and oxygen atoms in total. The second-order valence-electron chi connectivity index (χ2n) is 2.33. The molecule has 1 rings (SSSR count). The first kappa shape index (κ1) is 9.99. The molecule has 0 saturated carbocycles. The highest BCUT2D eigenvalue weighted by molar-refractivity contribution is 14.1. The molecule has 0 heterocycles. The molecule has 1 aromatic rings. The SMILES string of the molecule is Cc1cc(Br)c(I)cc1CBr. The van der Waals surface area contributed by atoms with E-state index in [9.17, 15) is 0 Å². The zero-order valence-corrected chi connectivity index (χ0v) is 11.3. The molecule has 0 aliphatic carbocycles. The van der Waals surface area contributed by atoms with Gasteiger partial charge in [-0.2, -0.15) is 0 Å². The number of hydrogen-bond acceptors (Lipinski definition) is 0. The van der Waals surface area contributed by atoms with Gasteiger partial charge in [0.05, 0.1) is 0 Å². The highest BCUT2D eigenvalue weighted by atomic mass is 127. The smallest absolute Gasteiger partial charge is 0.0311 e. The van der Waals surface area contributed by atoms with E-state index in [-0.39, 0.29) is 0 Å². The Morgan fingerprint density at radius 1 is 1.45 bits per heavy atom. The highest BCUT2D eigenvalue weighted by Gasteiger charge is 2.01. The lowest BCUT2D eigenvalue weighted by Gasteiger charge is -2.04. The second kappa shape index (κ2) is 4.23. The lowest BCUT2D eigenvalue weighted by molar-refractivity contribution is 1.30. The molecule has 11 heavy (non-hydrogen) atoms. The van der Waals surface area contributed by atoms with Crippen molar-refractivity contribution >= 4 is 54.5 Å². The van der Waals surface area contributed by atoms with E-state index in [0.717, 1.165) is 5.33 Å². The molecule has 0 fully saturated rings. The fourth-order valence-corrected chi connectivity index (χ4v) is 2.42. The van der Waals surface area contributed by atoms with Gasteiger partial charge in [0.2, 0.25) is 0 Å². The topological polar surface area (TPSA) is 0 Å². The van der Waals surface area contributed by atoms with Crippen LogP contribution in [0.3, 0.4) is 0 Å². The molecule has 0 unspecified atom stereocenters. The van der Waals surface area contributed by atoms with Gasteiger partial charge in [-0.15, -0.1) is 0 Å². The fourth-order valence-electron chi connectivity index (χ4n) is 0.831. The predicted molar refractivity (Wildman–Crippen MR) is 64.2 cm³/mol. The van der Waals surface area contributed by atoms with E-state index in [0.29, 0.717) is 0 Å². The standard InChI is InChI=1S/C8H7Br2I/c1-5-2-7(10)8(11)3-6(5)4-9/h2-3H,4H2,1H3. The van der Waals surface area contributed by atoms with E-state index in [1.54, 1.807) is 0 Å². The Kier molecular flexibility index (Phi) is 3.85. The third kappa shape index (κ3) is 2.42. The molecule has 3 heteroatoms. The van der Waals surface area contributed by atoms with E-state index in [2.05, 4.69) is 73.5 Å². The molecule has 0 saturated heterocycles. The molecule has 0 atom stereocenters. The second-order valence-corrected chi connectivity index (χ2v) is 4.90. The van der Waals surface area contributed by atoms with Gasteiger partial charge in [-0.3, -0.25) is 0 Å². The van der Waals surface area contributed by atoms with Gasteiger partial charge in [0.25, 0.3) is 0 Å². The van der Waals surface area contributed by atoms with Gasteiger partial charge in [-0.1, -0.05) is 15.9 Å². The van der Waals surface area contributed by atoms with Crippen LogP contribution in [-0.4, -0.2) is 0 Å². The van der Waals surface area contributed by atoms with Crippen LogP contribution in [0.5, 0.6) is 0 Å². The van der Waals surface area contributed by atoms with Crippen LogP contribution in [0, 0.1) is 10.5 Å². The zero-order chi connectivity index (χ0) is 8.43. The number of benzene rings is 1. The van der Waals surface area contributed by atoms with Crippen LogP contribution in [0.25, 0.3) is 0 Å². The largest absolute Gasteiger partial charge is 0.0876 e. The van der Waals surface area contributed by atoms with E-state index in [1.165, 1.54) is 19.2 Å². The molecule has 0 aliphatic heterocycles. The zero-order valence-electron chi connectivity index (χ0n) is 6.00. The Balaban J connectivity index is 3.21. The molecule has 1 aromatic carbocycles. The Labute approximate surface area is 97.2 Å². The summed E-state index contributed by atoms with van der Waals surface area (Å²) in [5.41, 5.74) is 2.69. The van der Waals surface area contributed by atoms with Gasteiger partial charge in [-0.25, -0.2) is 0 Å². The molecule has 0 radical (unpaired) electrons. The normalized spacial score (nSPS) is 10.2. The molecule has 0 bridgehead atoms. The Morgan fingerprint density at radius 2 is 2.09 bits per heavy atom. The van der Waals surface area contributed by atoms with Crippen molar-refractivity contribution in [1.82, 2.24) is 0 Å². The number of rotatable bonds is 1. The Morgan fingerprint density at radius 3 is 2.64 bits per heavy atom. The summed E-state index contributed by atoms with van der Waals surface area (Å²) < 4.78 is 2.45. The average Bonchev–Trinajstić information content (AvgIpc) is 1.97. The van der Waals surface area contributed by atoms with Crippen LogP contribution < -0.4 is 0 Å². The first-order chi connectivity index (χ1) is 5.15. The molecule has 0 amide bonds. The summed E-state index contributed by atoms with van der Waals surface area (Å²) in [5, 5.41) is 0.933. The van der Waals surface area contributed by atoms with Gasteiger partial charge in [0.1, 0.15) is 0 Å². The summed E-state index contributed by atoms with van der Waals surface area (Å²) in [6, 6.07) is 4.34. The van der Waals surface area contributed by atoms with Gasteiger partial charge in [0, 0.05) is 13.4 Å². The van der Waals surface area contributed by atoms with E-state index in [1.807, 2.05) is 0 Å². The van der Waals surface area contributed by atoms with Crippen molar-refractivity contribution in [2.45, 2.75) is 12.3 Å². The maximum Gasteiger partial charge on any atom is 0.0311 e. The molecule has 0 aromatic heterocycles. The van der Waals surface area contributed by atoms with E-state index >= 15 is 0 Å². The Hall–Kier alpha value is 0.910. The maximum absolute atomic E-state index is 3.49. The van der Waals surface area contributed by atoms with E-state index in [4.69, 9.17) is 0 Å². The van der Waals surface area contributed by atoms with Crippen molar-refractivity contribution in [3.8, 4) is 0 Å². The quantitative estimate of drug-likeness (QED) is 0.497. The van der Waals surface area contributed by atoms with Crippen molar-refractivity contribution in [2.24, 2.45) is 0 Å². The van der Waals surface area contributed by atoms with Gasteiger partial charge >= 0.3 is 0 Å². The number of alkyl halides is 1. The minimum atomic E-state index is 0.933. The van der Waals surface area contributed by atoms with Crippen LogP contribution in [-0.2, 0) is 5.33 Å². The lowest BCUT2D eigenvalue weighted by atomic mass is 10.1. The van der Waals surface area contributed by atoms with Crippen molar-refractivity contribution < 1.29 is 0 Å².